The van der Waals surface area contributed by atoms with Gasteiger partial charge in [0.15, 0.2) is 5.60 Å². The molecule has 22 heavy (non-hydrogen) atoms. The zero-order valence-electron chi connectivity index (χ0n) is 13.2. The van der Waals surface area contributed by atoms with Gasteiger partial charge in [0.25, 0.3) is 5.91 Å². The number of morpholine rings is 1. The molecule has 2 amide bonds. The highest BCUT2D eigenvalue weighted by molar-refractivity contribution is 5.86. The quantitative estimate of drug-likeness (QED) is 0.884. The molecule has 120 valence electrons. The Balaban J connectivity index is 2.04. The molecule has 0 aromatic heterocycles. The summed E-state index contributed by atoms with van der Waals surface area (Å²) in [4.78, 5) is 26.1. The van der Waals surface area contributed by atoms with Crippen LogP contribution < -0.4 is 10.1 Å². The van der Waals surface area contributed by atoms with Crippen LogP contribution >= 0.6 is 0 Å². The average molecular weight is 306 g/mol. The van der Waals surface area contributed by atoms with Crippen LogP contribution in [0.15, 0.2) is 24.3 Å². The molecule has 1 unspecified atom stereocenters. The summed E-state index contributed by atoms with van der Waals surface area (Å²) in [6.07, 6.45) is 0.279. The first-order valence-electron chi connectivity index (χ1n) is 7.25. The molecule has 1 aliphatic heterocycles. The van der Waals surface area contributed by atoms with Crippen LogP contribution in [0.25, 0.3) is 0 Å². The summed E-state index contributed by atoms with van der Waals surface area (Å²) in [7, 11) is 3.16. The Morgan fingerprint density at radius 3 is 2.91 bits per heavy atom. The molecule has 0 aliphatic carbocycles. The topological polar surface area (TPSA) is 67.9 Å². The van der Waals surface area contributed by atoms with Crippen LogP contribution in [0.5, 0.6) is 5.75 Å². The zero-order valence-corrected chi connectivity index (χ0v) is 13.2. The number of nitrogens with zero attached hydrogens (tertiary/aromatic N) is 1. The van der Waals surface area contributed by atoms with E-state index in [1.807, 2.05) is 24.3 Å². The van der Waals surface area contributed by atoms with E-state index < -0.39 is 5.60 Å². The molecule has 1 aliphatic rings. The number of carbonyl (C=O) groups is 2. The molecule has 1 N–H and O–H groups in total. The van der Waals surface area contributed by atoms with Gasteiger partial charge in [-0.3, -0.25) is 9.59 Å². The number of likely N-dealkylation sites (N-methyl/N-ethyl adjacent to an activating group) is 1. The Labute approximate surface area is 130 Å². The highest BCUT2D eigenvalue weighted by Crippen LogP contribution is 2.19. The average Bonchev–Trinajstić information content (AvgIpc) is 2.54. The number of carbonyl (C=O) groups excluding carboxylic acids is 2. The lowest BCUT2D eigenvalue weighted by atomic mass is 10.0. The second-order valence-corrected chi connectivity index (χ2v) is 5.50. The molecule has 6 heteroatoms. The first-order chi connectivity index (χ1) is 10.5. The monoisotopic (exact) mass is 306 g/mol. The van der Waals surface area contributed by atoms with Crippen LogP contribution in [0.3, 0.4) is 0 Å². The van der Waals surface area contributed by atoms with Crippen LogP contribution in [0.1, 0.15) is 12.5 Å². The van der Waals surface area contributed by atoms with Gasteiger partial charge in [-0.05, 0) is 24.6 Å². The third kappa shape index (κ3) is 3.57. The molecule has 0 spiro atoms. The number of ether oxygens (including phenoxy) is 2. The van der Waals surface area contributed by atoms with Crippen LogP contribution in [-0.4, -0.2) is 56.2 Å². The van der Waals surface area contributed by atoms with Gasteiger partial charge in [0, 0.05) is 13.6 Å². The fourth-order valence-electron chi connectivity index (χ4n) is 2.55. The van der Waals surface area contributed by atoms with Crippen molar-refractivity contribution >= 4 is 11.8 Å². The molecule has 6 nitrogen and oxygen atoms in total. The maximum Gasteiger partial charge on any atom is 0.253 e. The van der Waals surface area contributed by atoms with Crippen LogP contribution in [0.2, 0.25) is 0 Å². The summed E-state index contributed by atoms with van der Waals surface area (Å²) in [5.74, 6) is 0.487. The summed E-state index contributed by atoms with van der Waals surface area (Å²) in [6, 6.07) is 7.43. The maximum atomic E-state index is 12.5. The van der Waals surface area contributed by atoms with E-state index in [1.165, 1.54) is 0 Å². The minimum atomic E-state index is -0.989. The first-order valence-corrected chi connectivity index (χ1v) is 7.25. The molecule has 1 saturated heterocycles. The molecule has 0 radical (unpaired) electrons. The Hall–Kier alpha value is -2.08. The van der Waals surface area contributed by atoms with Gasteiger partial charge in [-0.1, -0.05) is 12.1 Å². The fraction of sp³-hybridized carbons (Fsp3) is 0.500. The van der Waals surface area contributed by atoms with E-state index in [2.05, 4.69) is 5.32 Å². The van der Waals surface area contributed by atoms with Crippen molar-refractivity contribution in [1.82, 2.24) is 10.2 Å². The molecular formula is C16H22N2O4. The molecule has 1 heterocycles. The Morgan fingerprint density at radius 2 is 2.23 bits per heavy atom. The second kappa shape index (κ2) is 6.79. The van der Waals surface area contributed by atoms with E-state index in [9.17, 15) is 9.59 Å². The van der Waals surface area contributed by atoms with Crippen LogP contribution in [-0.2, 0) is 20.7 Å². The van der Waals surface area contributed by atoms with Gasteiger partial charge in [0.1, 0.15) is 5.75 Å². The van der Waals surface area contributed by atoms with E-state index in [4.69, 9.17) is 9.47 Å². The lowest BCUT2D eigenvalue weighted by Gasteiger charge is -2.39. The standard InChI is InChI=1S/C16H22N2O4/c1-16(15(20)17-2)11-18(7-8-22-16)14(19)10-12-5-4-6-13(9-12)21-3/h4-6,9H,7-8,10-11H2,1-3H3,(H,17,20). The normalized spacial score (nSPS) is 21.3. The van der Waals surface area contributed by atoms with Crippen molar-refractivity contribution in [2.45, 2.75) is 18.9 Å². The van der Waals surface area contributed by atoms with E-state index in [0.717, 1.165) is 11.3 Å². The SMILES string of the molecule is CNC(=O)C1(C)CN(C(=O)Cc2cccc(OC)c2)CCO1. The van der Waals surface area contributed by atoms with Crippen molar-refractivity contribution in [2.24, 2.45) is 0 Å². The Morgan fingerprint density at radius 1 is 1.45 bits per heavy atom. The van der Waals surface area contributed by atoms with Crippen molar-refractivity contribution in [3.63, 3.8) is 0 Å². The summed E-state index contributed by atoms with van der Waals surface area (Å²) in [5, 5.41) is 2.58. The third-order valence-corrected chi connectivity index (χ3v) is 3.82. The lowest BCUT2D eigenvalue weighted by molar-refractivity contribution is -0.162. The maximum absolute atomic E-state index is 12.5. The van der Waals surface area contributed by atoms with Gasteiger partial charge in [-0.15, -0.1) is 0 Å². The number of rotatable bonds is 4. The molecular weight excluding hydrogens is 284 g/mol. The molecule has 0 bridgehead atoms. The van der Waals surface area contributed by atoms with Gasteiger partial charge in [0.05, 0.1) is 26.7 Å². The third-order valence-electron chi connectivity index (χ3n) is 3.82. The number of benzene rings is 1. The zero-order chi connectivity index (χ0) is 16.2. The fourth-order valence-corrected chi connectivity index (χ4v) is 2.55. The first kappa shape index (κ1) is 16.3. The Kier molecular flexibility index (Phi) is 5.03. The second-order valence-electron chi connectivity index (χ2n) is 5.50. The van der Waals surface area contributed by atoms with Crippen molar-refractivity contribution in [2.75, 3.05) is 33.9 Å². The van der Waals surface area contributed by atoms with Crippen LogP contribution in [0, 0.1) is 0 Å². The molecule has 1 fully saturated rings. The van der Waals surface area contributed by atoms with Gasteiger partial charge in [-0.25, -0.2) is 0 Å². The van der Waals surface area contributed by atoms with Crippen molar-refractivity contribution in [3.8, 4) is 5.75 Å². The lowest BCUT2D eigenvalue weighted by Crippen LogP contribution is -2.59. The number of hydrogen-bond donors (Lipinski definition) is 1. The molecule has 0 saturated carbocycles. The van der Waals surface area contributed by atoms with Gasteiger partial charge >= 0.3 is 0 Å². The van der Waals surface area contributed by atoms with Crippen molar-refractivity contribution in [1.29, 1.82) is 0 Å². The van der Waals surface area contributed by atoms with Gasteiger partial charge < -0.3 is 19.7 Å². The smallest absolute Gasteiger partial charge is 0.253 e. The van der Waals surface area contributed by atoms with Gasteiger partial charge in [-0.2, -0.15) is 0 Å². The van der Waals surface area contributed by atoms with E-state index in [-0.39, 0.29) is 24.8 Å². The number of nitrogens with one attached hydrogen (secondary N) is 1. The van der Waals surface area contributed by atoms with Crippen molar-refractivity contribution in [3.05, 3.63) is 29.8 Å². The summed E-state index contributed by atoms with van der Waals surface area (Å²) in [5.41, 5.74) is -0.102. The summed E-state index contributed by atoms with van der Waals surface area (Å²) < 4.78 is 10.7. The molecule has 1 aromatic carbocycles. The predicted molar refractivity (Wildman–Crippen MR) is 81.7 cm³/mol. The minimum Gasteiger partial charge on any atom is -0.497 e. The minimum absolute atomic E-state index is 0.0216. The van der Waals surface area contributed by atoms with E-state index in [0.29, 0.717) is 13.2 Å². The highest BCUT2D eigenvalue weighted by Gasteiger charge is 2.40. The summed E-state index contributed by atoms with van der Waals surface area (Å²) >= 11 is 0. The summed E-state index contributed by atoms with van der Waals surface area (Å²) in [6.45, 7) is 2.81. The predicted octanol–water partition coefficient (Wildman–Crippen LogP) is 0.601. The van der Waals surface area contributed by atoms with Crippen molar-refractivity contribution < 1.29 is 19.1 Å². The molecule has 1 aromatic rings. The largest absolute Gasteiger partial charge is 0.497 e. The number of hydrogen-bond acceptors (Lipinski definition) is 4. The number of methoxy groups -OCH3 is 1. The van der Waals surface area contributed by atoms with Gasteiger partial charge in [0.2, 0.25) is 5.91 Å². The van der Waals surface area contributed by atoms with E-state index >= 15 is 0 Å². The molecule has 1 atom stereocenters. The van der Waals surface area contributed by atoms with E-state index in [1.54, 1.807) is 26.0 Å². The molecule has 2 rings (SSSR count). The number of amides is 2. The highest BCUT2D eigenvalue weighted by atomic mass is 16.5. The van der Waals surface area contributed by atoms with Crippen LogP contribution in [0.4, 0.5) is 0 Å². The Bertz CT molecular complexity index is 561.